The highest BCUT2D eigenvalue weighted by atomic mass is 16.3. The van der Waals surface area contributed by atoms with E-state index in [1.165, 1.54) is 5.56 Å². The molecule has 1 heterocycles. The van der Waals surface area contributed by atoms with Gasteiger partial charge >= 0.3 is 0 Å². The predicted octanol–water partition coefficient (Wildman–Crippen LogP) is 7.73. The summed E-state index contributed by atoms with van der Waals surface area (Å²) in [6, 6.07) is 30.5. The van der Waals surface area contributed by atoms with Gasteiger partial charge in [0.05, 0.1) is 23.2 Å². The normalized spacial score (nSPS) is 13.0. The summed E-state index contributed by atoms with van der Waals surface area (Å²) in [6.45, 7) is 10.8. The Kier molecular flexibility index (Phi) is 7.85. The van der Waals surface area contributed by atoms with Crippen molar-refractivity contribution in [3.05, 3.63) is 125 Å². The van der Waals surface area contributed by atoms with Gasteiger partial charge in [0.15, 0.2) is 0 Å². The topological polar surface area (TPSA) is 67.2 Å². The van der Waals surface area contributed by atoms with Crippen molar-refractivity contribution in [2.75, 3.05) is 0 Å². The first-order chi connectivity index (χ1) is 19.2. The molecule has 4 aromatic carbocycles. The minimum atomic E-state index is -0.526. The molecule has 2 atom stereocenters. The standard InChI is InChI=1S/C35H37N3O2/c1-22(2)28-9-8-10-29(19-28)23(3)36-35(40)30-17-18-34-33(20-30)37-25(5)38(34)21-26-13-15-27(16-14-26)32-12-7-6-11-31(32)24(4)39/h6-20,22-24,39H,21H2,1-5H3,(H,36,40)/t23-,24?/m0/s1. The first-order valence-electron chi connectivity index (χ1n) is 13.9. The molecule has 40 heavy (non-hydrogen) atoms. The molecule has 0 fully saturated rings. The third-order valence-electron chi connectivity index (χ3n) is 7.64. The number of aliphatic hydroxyl groups excluding tert-OH is 1. The van der Waals surface area contributed by atoms with E-state index in [4.69, 9.17) is 4.98 Å². The maximum Gasteiger partial charge on any atom is 0.251 e. The number of aryl methyl sites for hydroxylation is 1. The third-order valence-corrected chi connectivity index (χ3v) is 7.64. The number of carbonyl (C=O) groups is 1. The van der Waals surface area contributed by atoms with Crippen molar-refractivity contribution in [1.29, 1.82) is 0 Å². The number of rotatable bonds is 8. The highest BCUT2D eigenvalue weighted by Crippen LogP contribution is 2.29. The Bertz CT molecular complexity index is 1650. The zero-order valence-corrected chi connectivity index (χ0v) is 23.8. The lowest BCUT2D eigenvalue weighted by Gasteiger charge is -2.16. The van der Waals surface area contributed by atoms with Gasteiger partial charge in [-0.1, -0.05) is 86.6 Å². The van der Waals surface area contributed by atoms with E-state index in [9.17, 15) is 9.90 Å². The minimum absolute atomic E-state index is 0.100. The van der Waals surface area contributed by atoms with Gasteiger partial charge < -0.3 is 15.0 Å². The lowest BCUT2D eigenvalue weighted by molar-refractivity contribution is 0.0940. The smallest absolute Gasteiger partial charge is 0.251 e. The van der Waals surface area contributed by atoms with E-state index >= 15 is 0 Å². The molecule has 0 radical (unpaired) electrons. The second kappa shape index (κ2) is 11.5. The summed E-state index contributed by atoms with van der Waals surface area (Å²) < 4.78 is 2.18. The Morgan fingerprint density at radius 3 is 2.33 bits per heavy atom. The molecule has 5 heteroatoms. The number of carbonyl (C=O) groups excluding carboxylic acids is 1. The number of nitrogens with one attached hydrogen (secondary N) is 1. The minimum Gasteiger partial charge on any atom is -0.389 e. The molecular weight excluding hydrogens is 494 g/mol. The summed E-state index contributed by atoms with van der Waals surface area (Å²) in [7, 11) is 0. The number of amides is 1. The van der Waals surface area contributed by atoms with Crippen molar-refractivity contribution in [2.24, 2.45) is 0 Å². The highest BCUT2D eigenvalue weighted by molar-refractivity contribution is 5.97. The summed E-state index contributed by atoms with van der Waals surface area (Å²) in [5.74, 6) is 1.23. The number of aromatic nitrogens is 2. The van der Waals surface area contributed by atoms with Gasteiger partial charge in [0.1, 0.15) is 5.82 Å². The largest absolute Gasteiger partial charge is 0.389 e. The summed E-state index contributed by atoms with van der Waals surface area (Å²) >= 11 is 0. The summed E-state index contributed by atoms with van der Waals surface area (Å²) in [5, 5.41) is 13.3. The predicted molar refractivity (Wildman–Crippen MR) is 162 cm³/mol. The number of aliphatic hydroxyl groups is 1. The molecule has 0 bridgehead atoms. The molecule has 5 rings (SSSR count). The maximum absolute atomic E-state index is 13.1. The molecule has 5 aromatic rings. The highest BCUT2D eigenvalue weighted by Gasteiger charge is 2.16. The number of nitrogens with zero attached hydrogens (tertiary/aromatic N) is 2. The van der Waals surface area contributed by atoms with Gasteiger partial charge in [0.2, 0.25) is 0 Å². The van der Waals surface area contributed by atoms with E-state index in [0.29, 0.717) is 18.0 Å². The molecule has 0 aliphatic heterocycles. The van der Waals surface area contributed by atoms with Crippen LogP contribution in [0.25, 0.3) is 22.2 Å². The van der Waals surface area contributed by atoms with Crippen LogP contribution in [0, 0.1) is 6.92 Å². The number of hydrogen-bond acceptors (Lipinski definition) is 3. The zero-order chi connectivity index (χ0) is 28.4. The van der Waals surface area contributed by atoms with Crippen LogP contribution in [0.3, 0.4) is 0 Å². The van der Waals surface area contributed by atoms with E-state index in [1.54, 1.807) is 6.92 Å². The Morgan fingerprint density at radius 1 is 0.875 bits per heavy atom. The van der Waals surface area contributed by atoms with Crippen LogP contribution in [-0.2, 0) is 6.54 Å². The molecule has 2 N–H and O–H groups in total. The van der Waals surface area contributed by atoms with E-state index in [0.717, 1.165) is 44.7 Å². The van der Waals surface area contributed by atoms with Gasteiger partial charge in [-0.2, -0.15) is 0 Å². The average molecular weight is 532 g/mol. The summed E-state index contributed by atoms with van der Waals surface area (Å²) in [4.78, 5) is 17.9. The molecule has 0 aliphatic carbocycles. The van der Waals surface area contributed by atoms with Crippen LogP contribution >= 0.6 is 0 Å². The SMILES string of the molecule is Cc1nc2cc(C(=O)N[C@@H](C)c3cccc(C(C)C)c3)ccc2n1Cc1ccc(-c2ccccc2C(C)O)cc1. The van der Waals surface area contributed by atoms with Gasteiger partial charge in [-0.3, -0.25) is 4.79 Å². The fourth-order valence-corrected chi connectivity index (χ4v) is 5.24. The molecular formula is C35H37N3O2. The van der Waals surface area contributed by atoms with Crippen molar-refractivity contribution in [1.82, 2.24) is 14.9 Å². The molecule has 0 saturated carbocycles. The van der Waals surface area contributed by atoms with Crippen LogP contribution < -0.4 is 5.32 Å². The number of hydrogen-bond donors (Lipinski definition) is 2. The third kappa shape index (κ3) is 5.70. The van der Waals surface area contributed by atoms with Crippen molar-refractivity contribution in [3.63, 3.8) is 0 Å². The van der Waals surface area contributed by atoms with Gasteiger partial charge in [0, 0.05) is 12.1 Å². The Morgan fingerprint density at radius 2 is 1.60 bits per heavy atom. The van der Waals surface area contributed by atoms with Crippen molar-refractivity contribution in [3.8, 4) is 11.1 Å². The second-order valence-corrected chi connectivity index (χ2v) is 10.9. The molecule has 0 spiro atoms. The lowest BCUT2D eigenvalue weighted by atomic mass is 9.96. The maximum atomic E-state index is 13.1. The molecule has 0 saturated heterocycles. The molecule has 204 valence electrons. The first kappa shape index (κ1) is 27.4. The van der Waals surface area contributed by atoms with E-state index in [1.807, 2.05) is 56.3 Å². The number of fused-ring (bicyclic) bond motifs is 1. The molecule has 5 nitrogen and oxygen atoms in total. The number of imidazole rings is 1. The lowest BCUT2D eigenvalue weighted by Crippen LogP contribution is -2.26. The van der Waals surface area contributed by atoms with Gasteiger partial charge in [-0.05, 0) is 78.3 Å². The summed E-state index contributed by atoms with van der Waals surface area (Å²) in [6.07, 6.45) is -0.526. The molecule has 1 unspecified atom stereocenters. The van der Waals surface area contributed by atoms with E-state index in [-0.39, 0.29) is 11.9 Å². The van der Waals surface area contributed by atoms with E-state index < -0.39 is 6.10 Å². The van der Waals surface area contributed by atoms with Crippen LogP contribution in [0.2, 0.25) is 0 Å². The molecule has 0 aliphatic rings. The zero-order valence-electron chi connectivity index (χ0n) is 23.8. The van der Waals surface area contributed by atoms with E-state index in [2.05, 4.69) is 72.3 Å². The van der Waals surface area contributed by atoms with Crippen molar-refractivity contribution < 1.29 is 9.90 Å². The van der Waals surface area contributed by atoms with Crippen LogP contribution in [-0.4, -0.2) is 20.6 Å². The van der Waals surface area contributed by atoms with Gasteiger partial charge in [0.25, 0.3) is 5.91 Å². The fourth-order valence-electron chi connectivity index (χ4n) is 5.24. The second-order valence-electron chi connectivity index (χ2n) is 10.9. The first-order valence-corrected chi connectivity index (χ1v) is 13.9. The van der Waals surface area contributed by atoms with Crippen LogP contribution in [0.15, 0.2) is 91.0 Å². The van der Waals surface area contributed by atoms with Gasteiger partial charge in [-0.25, -0.2) is 4.98 Å². The summed E-state index contributed by atoms with van der Waals surface area (Å²) in [5.41, 5.74) is 8.96. The molecule has 1 aromatic heterocycles. The Balaban J connectivity index is 1.33. The van der Waals surface area contributed by atoms with Crippen LogP contribution in [0.5, 0.6) is 0 Å². The van der Waals surface area contributed by atoms with Crippen molar-refractivity contribution in [2.45, 2.75) is 59.2 Å². The quantitative estimate of drug-likeness (QED) is 0.215. The Labute approximate surface area is 236 Å². The average Bonchev–Trinajstić information content (AvgIpc) is 3.27. The monoisotopic (exact) mass is 531 g/mol. The van der Waals surface area contributed by atoms with Crippen LogP contribution in [0.4, 0.5) is 0 Å². The molecule has 1 amide bonds. The van der Waals surface area contributed by atoms with Crippen LogP contribution in [0.1, 0.15) is 84.2 Å². The number of benzene rings is 4. The van der Waals surface area contributed by atoms with Crippen molar-refractivity contribution >= 4 is 16.9 Å². The van der Waals surface area contributed by atoms with Gasteiger partial charge in [-0.15, -0.1) is 0 Å². The fraction of sp³-hybridized carbons (Fsp3) is 0.257. The Hall–Kier alpha value is -4.22.